The van der Waals surface area contributed by atoms with E-state index < -0.39 is 0 Å². The van der Waals surface area contributed by atoms with Crippen LogP contribution in [0.1, 0.15) is 46.8 Å². The molecule has 0 bridgehead atoms. The van der Waals surface area contributed by atoms with Crippen LogP contribution in [0.2, 0.25) is 0 Å². The fraction of sp³-hybridized carbons (Fsp3) is 0.171. The fourth-order valence-corrected chi connectivity index (χ4v) is 4.17. The number of carbonyl (C=O) groups excluding carboxylic acids is 1. The molecule has 1 N–H and O–H groups in total. The zero-order valence-electron chi connectivity index (χ0n) is 24.9. The Labute approximate surface area is 274 Å². The number of hydrogen-bond acceptors (Lipinski definition) is 3. The van der Waals surface area contributed by atoms with Crippen molar-refractivity contribution in [3.63, 3.8) is 0 Å². The van der Waals surface area contributed by atoms with Crippen LogP contribution in [0.15, 0.2) is 102 Å². The van der Waals surface area contributed by atoms with Gasteiger partial charge in [0.05, 0.1) is 0 Å². The van der Waals surface area contributed by atoms with Gasteiger partial charge in [-0.3, -0.25) is 10.9 Å². The number of carbonyl (C=O) groups is 1. The van der Waals surface area contributed by atoms with Gasteiger partial charge in [0.1, 0.15) is 5.82 Å². The van der Waals surface area contributed by atoms with E-state index in [1.807, 2.05) is 54.3 Å². The predicted octanol–water partition coefficient (Wildman–Crippen LogP) is 1.69. The van der Waals surface area contributed by atoms with Gasteiger partial charge in [0.15, 0.2) is 0 Å². The number of para-hydroxylation sites is 1. The van der Waals surface area contributed by atoms with Crippen molar-refractivity contribution in [2.75, 3.05) is 13.1 Å². The molecule has 4 nitrogen and oxygen atoms in total. The Morgan fingerprint density at radius 1 is 0.952 bits per heavy atom. The summed E-state index contributed by atoms with van der Waals surface area (Å²) in [5, 5.41) is 8.25. The number of nitrogens with zero attached hydrogens (tertiary/aromatic N) is 2. The summed E-state index contributed by atoms with van der Waals surface area (Å²) < 4.78 is 13.4. The summed E-state index contributed by atoms with van der Waals surface area (Å²) in [6.45, 7) is 3.33. The van der Waals surface area contributed by atoms with E-state index in [2.05, 4.69) is 41.9 Å². The third-order valence-electron chi connectivity index (χ3n) is 6.42. The van der Waals surface area contributed by atoms with Gasteiger partial charge in [-0.1, -0.05) is 31.0 Å². The van der Waals surface area contributed by atoms with Gasteiger partial charge in [-0.2, -0.15) is 48.5 Å². The second kappa shape index (κ2) is 19.0. The van der Waals surface area contributed by atoms with Gasteiger partial charge in [-0.25, -0.2) is 16.1 Å². The zero-order chi connectivity index (χ0) is 27.5. The molecule has 1 aliphatic rings. The number of likely N-dealkylation sites (tertiary alicyclic amines) is 1. The van der Waals surface area contributed by atoms with Crippen LogP contribution >= 0.6 is 0 Å². The van der Waals surface area contributed by atoms with Crippen molar-refractivity contribution in [2.45, 2.75) is 19.8 Å². The maximum atomic E-state index is 13.4. The van der Waals surface area contributed by atoms with Crippen LogP contribution in [0.4, 0.5) is 10.1 Å². The topological polar surface area (TPSA) is 56.5 Å². The number of rotatable bonds is 6. The number of nitrogens with one attached hydrogen (secondary N) is 1. The molecule has 0 radical (unpaired) electrons. The smallest absolute Gasteiger partial charge is 0.481 e. The molecule has 0 aliphatic carbocycles. The van der Waals surface area contributed by atoms with Gasteiger partial charge in [0, 0.05) is 13.1 Å². The summed E-state index contributed by atoms with van der Waals surface area (Å²) in [6.07, 6.45) is 6.89. The Kier molecular flexibility index (Phi) is 16.6. The minimum absolute atomic E-state index is 0. The van der Waals surface area contributed by atoms with E-state index in [9.17, 15) is 9.18 Å². The summed E-state index contributed by atoms with van der Waals surface area (Å²) in [4.78, 5) is 19.0. The Morgan fingerprint density at radius 3 is 2.24 bits per heavy atom. The van der Waals surface area contributed by atoms with Crippen LogP contribution in [-0.4, -0.2) is 35.8 Å². The van der Waals surface area contributed by atoms with Crippen molar-refractivity contribution in [3.05, 3.63) is 151 Å². The van der Waals surface area contributed by atoms with E-state index in [0.29, 0.717) is 29.8 Å². The molecule has 4 aromatic rings. The summed E-state index contributed by atoms with van der Waals surface area (Å²) in [5.74, 6) is -0.216. The van der Waals surface area contributed by atoms with Crippen LogP contribution < -0.4 is 37.7 Å². The summed E-state index contributed by atoms with van der Waals surface area (Å²) in [6, 6.07) is 34.7. The molecule has 1 saturated heterocycles. The van der Waals surface area contributed by atoms with Crippen LogP contribution in [0.5, 0.6) is 0 Å². The Bertz CT molecular complexity index is 1390. The first kappa shape index (κ1) is 36.7. The molecule has 7 heteroatoms. The number of piperidine rings is 1. The molecule has 42 heavy (non-hydrogen) atoms. The van der Waals surface area contributed by atoms with Gasteiger partial charge < -0.3 is 22.7 Å². The Morgan fingerprint density at radius 2 is 1.67 bits per heavy atom. The van der Waals surface area contributed by atoms with Crippen LogP contribution in [0.25, 0.3) is 0 Å². The van der Waals surface area contributed by atoms with E-state index in [0.717, 1.165) is 18.5 Å². The molecular formula is C35H33FLi2N3O-3. The third kappa shape index (κ3) is 10.8. The fourth-order valence-electron chi connectivity index (χ4n) is 4.17. The molecule has 0 atom stereocenters. The first-order chi connectivity index (χ1) is 19.0. The van der Waals surface area contributed by atoms with Crippen LogP contribution in [-0.2, 0) is 0 Å². The summed E-state index contributed by atoms with van der Waals surface area (Å²) in [5.41, 5.74) is 3.75. The SMILES string of the molecule is C[CH-]c1ccccc1.N=C(c1[c-]cc(C(=O)N2CCC([C-]=Nc3[c-]cccc3)CC2)cc1)c1cccc(F)c1.[CH3-].[Li+].[Li+]. The van der Waals surface area contributed by atoms with Crippen molar-refractivity contribution in [2.24, 2.45) is 10.9 Å². The number of halogens is 1. The zero-order valence-corrected chi connectivity index (χ0v) is 24.9. The standard InChI is InChI=1S/C26H21FN3O.C8H9.CH3.2Li/c27-23-6-4-5-22(17-23)25(28)20-9-11-21(12-10-20)26(31)30-15-13-19(14-16-30)18-29-24-7-2-1-3-8-24;1-2-8-6-4-3-5-7-8;;;/h1-7,9,11-12,17,19,28H,13-16H2;2-7H,1H3;1H3;;/q-3;2*-1;2*+1. The van der Waals surface area contributed by atoms with Crippen LogP contribution in [0.3, 0.4) is 0 Å². The molecule has 0 aromatic heterocycles. The summed E-state index contributed by atoms with van der Waals surface area (Å²) in [7, 11) is 0. The van der Waals surface area contributed by atoms with Gasteiger partial charge in [-0.15, -0.1) is 42.0 Å². The van der Waals surface area contributed by atoms with Gasteiger partial charge in [0.25, 0.3) is 0 Å². The van der Waals surface area contributed by atoms with Gasteiger partial charge in [0.2, 0.25) is 5.91 Å². The average Bonchev–Trinajstić information content (AvgIpc) is 3.01. The molecule has 206 valence electrons. The quantitative estimate of drug-likeness (QED) is 0.224. The minimum atomic E-state index is -0.387. The maximum absolute atomic E-state index is 13.4. The van der Waals surface area contributed by atoms with Crippen molar-refractivity contribution in [1.82, 2.24) is 4.90 Å². The van der Waals surface area contributed by atoms with Gasteiger partial charge >= 0.3 is 37.7 Å². The van der Waals surface area contributed by atoms with Crippen molar-refractivity contribution in [3.8, 4) is 0 Å². The minimum Gasteiger partial charge on any atom is -0.481 e. The second-order valence-corrected chi connectivity index (χ2v) is 9.13. The first-order valence-corrected chi connectivity index (χ1v) is 13.0. The molecule has 0 unspecified atom stereocenters. The van der Waals surface area contributed by atoms with E-state index in [-0.39, 0.29) is 68.5 Å². The molecule has 4 aromatic carbocycles. The Balaban J connectivity index is 0.000000699. The molecule has 0 saturated carbocycles. The number of hydrogen-bond donors (Lipinski definition) is 1. The molecule has 1 amide bonds. The van der Waals surface area contributed by atoms with Crippen LogP contribution in [0, 0.1) is 43.1 Å². The van der Waals surface area contributed by atoms with Crippen molar-refractivity contribution >= 4 is 23.5 Å². The Hall–Kier alpha value is -3.32. The van der Waals surface area contributed by atoms with Crippen molar-refractivity contribution < 1.29 is 46.9 Å². The second-order valence-electron chi connectivity index (χ2n) is 9.13. The maximum Gasteiger partial charge on any atom is 1.00 e. The van der Waals surface area contributed by atoms with Gasteiger partial charge in [-0.05, 0) is 41.8 Å². The monoisotopic (exact) mass is 544 g/mol. The predicted molar refractivity (Wildman–Crippen MR) is 161 cm³/mol. The van der Waals surface area contributed by atoms with E-state index in [1.54, 1.807) is 30.3 Å². The molecule has 1 aliphatic heterocycles. The molecule has 1 heterocycles. The molecular weight excluding hydrogens is 511 g/mol. The molecule has 1 fully saturated rings. The normalized spacial score (nSPS) is 12.5. The number of amides is 1. The summed E-state index contributed by atoms with van der Waals surface area (Å²) >= 11 is 0. The van der Waals surface area contributed by atoms with E-state index in [4.69, 9.17) is 5.41 Å². The van der Waals surface area contributed by atoms with E-state index in [1.165, 1.54) is 17.7 Å². The molecule has 5 rings (SSSR count). The largest absolute Gasteiger partial charge is 1.00 e. The average molecular weight is 545 g/mol. The van der Waals surface area contributed by atoms with Crippen molar-refractivity contribution in [1.29, 1.82) is 5.41 Å². The van der Waals surface area contributed by atoms with E-state index >= 15 is 0 Å². The number of aliphatic imine (C=N–C) groups is 1. The third-order valence-corrected chi connectivity index (χ3v) is 6.42. The first-order valence-electron chi connectivity index (χ1n) is 13.0. The molecule has 0 spiro atoms. The number of benzene rings is 4.